The van der Waals surface area contributed by atoms with Crippen LogP contribution in [-0.2, 0) is 4.79 Å². The molecule has 0 aliphatic heterocycles. The molecule has 0 aromatic heterocycles. The van der Waals surface area contributed by atoms with Gasteiger partial charge in [-0.05, 0) is 38.3 Å². The molecule has 0 spiro atoms. The van der Waals surface area contributed by atoms with Gasteiger partial charge in [0.05, 0.1) is 18.3 Å². The summed E-state index contributed by atoms with van der Waals surface area (Å²) in [6.07, 6.45) is 5.14. The molecular formula is C17H27N2O2+. The molecule has 1 aromatic rings. The predicted octanol–water partition coefficient (Wildman–Crippen LogP) is 2.17. The summed E-state index contributed by atoms with van der Waals surface area (Å²) < 4.78 is 5.52. The Hall–Kier alpha value is -1.55. The molecule has 4 nitrogen and oxygen atoms in total. The van der Waals surface area contributed by atoms with Crippen LogP contribution in [0.5, 0.6) is 5.75 Å². The molecule has 2 atom stereocenters. The zero-order valence-corrected chi connectivity index (χ0v) is 13.1. The lowest BCUT2D eigenvalue weighted by Crippen LogP contribution is -2.93. The highest BCUT2D eigenvalue weighted by Crippen LogP contribution is 2.23. The second-order valence-electron chi connectivity index (χ2n) is 5.84. The molecule has 1 saturated carbocycles. The molecule has 0 saturated heterocycles. The Balaban J connectivity index is 1.84. The minimum Gasteiger partial charge on any atom is -0.492 e. The van der Waals surface area contributed by atoms with Crippen LogP contribution in [0, 0.1) is 5.92 Å². The van der Waals surface area contributed by atoms with Crippen molar-refractivity contribution in [2.75, 3.05) is 18.5 Å². The lowest BCUT2D eigenvalue weighted by molar-refractivity contribution is -0.687. The molecule has 1 aliphatic rings. The van der Waals surface area contributed by atoms with Gasteiger partial charge in [0.2, 0.25) is 0 Å². The number of quaternary nitrogens is 1. The molecule has 116 valence electrons. The molecule has 0 radical (unpaired) electrons. The summed E-state index contributed by atoms with van der Waals surface area (Å²) in [7, 11) is 0. The molecule has 1 aromatic carbocycles. The topological polar surface area (TPSA) is 54.9 Å². The van der Waals surface area contributed by atoms with Gasteiger partial charge in [0, 0.05) is 5.92 Å². The van der Waals surface area contributed by atoms with Crippen LogP contribution in [0.1, 0.15) is 39.5 Å². The first-order valence-electron chi connectivity index (χ1n) is 8.05. The number of carbonyl (C=O) groups is 1. The third-order valence-electron chi connectivity index (χ3n) is 4.24. The minimum absolute atomic E-state index is 0.0416. The van der Waals surface area contributed by atoms with Crippen LogP contribution >= 0.6 is 0 Å². The standard InChI is InChI=1S/C17H26N2O2/c1-3-21-16-11-7-6-10-15(16)19-17(20)12-18-14-9-5-4-8-13(14)2/h6-7,10-11,13-14,18H,3-5,8-9,12H2,1-2H3,(H,19,20)/p+1/t13-,14-/m1/s1. The second-order valence-corrected chi connectivity index (χ2v) is 5.84. The van der Waals surface area contributed by atoms with Crippen LogP contribution < -0.4 is 15.4 Å². The van der Waals surface area contributed by atoms with E-state index in [2.05, 4.69) is 17.6 Å². The maximum atomic E-state index is 12.1. The molecule has 1 fully saturated rings. The molecule has 0 bridgehead atoms. The summed E-state index contributed by atoms with van der Waals surface area (Å²) in [5.41, 5.74) is 0.759. The minimum atomic E-state index is 0.0416. The fraction of sp³-hybridized carbons (Fsp3) is 0.588. The largest absolute Gasteiger partial charge is 0.492 e. The number of anilines is 1. The number of ether oxygens (including phenoxy) is 1. The van der Waals surface area contributed by atoms with Crippen molar-refractivity contribution < 1.29 is 14.8 Å². The first kappa shape index (κ1) is 15.8. The van der Waals surface area contributed by atoms with Crippen molar-refractivity contribution >= 4 is 11.6 Å². The Bertz CT molecular complexity index is 462. The molecule has 3 N–H and O–H groups in total. The van der Waals surface area contributed by atoms with Gasteiger partial charge >= 0.3 is 0 Å². The van der Waals surface area contributed by atoms with Crippen molar-refractivity contribution in [3.05, 3.63) is 24.3 Å². The van der Waals surface area contributed by atoms with Gasteiger partial charge in [-0.2, -0.15) is 0 Å². The summed E-state index contributed by atoms with van der Waals surface area (Å²) in [4.78, 5) is 12.1. The van der Waals surface area contributed by atoms with E-state index in [1.165, 1.54) is 25.7 Å². The van der Waals surface area contributed by atoms with Gasteiger partial charge < -0.3 is 15.4 Å². The summed E-state index contributed by atoms with van der Waals surface area (Å²) in [6.45, 7) is 5.31. The smallest absolute Gasteiger partial charge is 0.279 e. The number of nitrogens with one attached hydrogen (secondary N) is 1. The molecular weight excluding hydrogens is 264 g/mol. The molecule has 1 aliphatic carbocycles. The molecule has 21 heavy (non-hydrogen) atoms. The summed E-state index contributed by atoms with van der Waals surface area (Å²) in [5.74, 6) is 1.49. The van der Waals surface area contributed by atoms with Crippen LogP contribution in [0.2, 0.25) is 0 Å². The van der Waals surface area contributed by atoms with Gasteiger partial charge in [0.1, 0.15) is 5.75 Å². The second kappa shape index (κ2) is 8.03. The van der Waals surface area contributed by atoms with E-state index in [4.69, 9.17) is 4.74 Å². The third kappa shape index (κ3) is 4.74. The van der Waals surface area contributed by atoms with E-state index in [1.54, 1.807) is 0 Å². The molecule has 2 rings (SSSR count). The third-order valence-corrected chi connectivity index (χ3v) is 4.24. The highest BCUT2D eigenvalue weighted by atomic mass is 16.5. The number of hydrogen-bond acceptors (Lipinski definition) is 2. The molecule has 0 unspecified atom stereocenters. The molecule has 4 heteroatoms. The van der Waals surface area contributed by atoms with Crippen LogP contribution in [-0.4, -0.2) is 25.1 Å². The average Bonchev–Trinajstić information content (AvgIpc) is 2.49. The predicted molar refractivity (Wildman–Crippen MR) is 84.5 cm³/mol. The Morgan fingerprint density at radius 2 is 2.10 bits per heavy atom. The van der Waals surface area contributed by atoms with E-state index < -0.39 is 0 Å². The maximum Gasteiger partial charge on any atom is 0.279 e. The van der Waals surface area contributed by atoms with E-state index in [1.807, 2.05) is 31.2 Å². The normalized spacial score (nSPS) is 21.8. The van der Waals surface area contributed by atoms with Crippen molar-refractivity contribution in [1.82, 2.24) is 0 Å². The van der Waals surface area contributed by atoms with Crippen molar-refractivity contribution in [2.24, 2.45) is 5.92 Å². The number of rotatable bonds is 6. The molecule has 0 heterocycles. The first-order valence-corrected chi connectivity index (χ1v) is 8.05. The van der Waals surface area contributed by atoms with Gasteiger partial charge in [-0.3, -0.25) is 4.79 Å². The summed E-state index contributed by atoms with van der Waals surface area (Å²) in [5, 5.41) is 5.15. The van der Waals surface area contributed by atoms with E-state index in [0.29, 0.717) is 25.1 Å². The van der Waals surface area contributed by atoms with Crippen molar-refractivity contribution in [3.63, 3.8) is 0 Å². The van der Waals surface area contributed by atoms with Crippen LogP contribution in [0.4, 0.5) is 5.69 Å². The van der Waals surface area contributed by atoms with Crippen molar-refractivity contribution in [1.29, 1.82) is 0 Å². The van der Waals surface area contributed by atoms with Crippen molar-refractivity contribution in [3.8, 4) is 5.75 Å². The number of benzene rings is 1. The zero-order chi connectivity index (χ0) is 15.1. The van der Waals surface area contributed by atoms with Crippen LogP contribution in [0.3, 0.4) is 0 Å². The number of amides is 1. The Morgan fingerprint density at radius 3 is 2.86 bits per heavy atom. The van der Waals surface area contributed by atoms with Crippen LogP contribution in [0.25, 0.3) is 0 Å². The fourth-order valence-electron chi connectivity index (χ4n) is 3.01. The van der Waals surface area contributed by atoms with E-state index in [9.17, 15) is 4.79 Å². The van der Waals surface area contributed by atoms with E-state index in [-0.39, 0.29) is 5.91 Å². The highest BCUT2D eigenvalue weighted by molar-refractivity contribution is 5.92. The Kier molecular flexibility index (Phi) is 6.05. The van der Waals surface area contributed by atoms with E-state index in [0.717, 1.165) is 11.4 Å². The quantitative estimate of drug-likeness (QED) is 0.844. The SMILES string of the molecule is CCOc1ccccc1NC(=O)C[NH2+][C@@H]1CCCC[C@H]1C. The average molecular weight is 291 g/mol. The van der Waals surface area contributed by atoms with Gasteiger partial charge in [-0.1, -0.05) is 25.5 Å². The van der Waals surface area contributed by atoms with Gasteiger partial charge in [-0.25, -0.2) is 0 Å². The zero-order valence-electron chi connectivity index (χ0n) is 13.1. The monoisotopic (exact) mass is 291 g/mol. The lowest BCUT2D eigenvalue weighted by atomic mass is 9.86. The number of nitrogens with two attached hydrogens (primary N) is 1. The van der Waals surface area contributed by atoms with Crippen LogP contribution in [0.15, 0.2) is 24.3 Å². The fourth-order valence-corrected chi connectivity index (χ4v) is 3.01. The molecule has 1 amide bonds. The number of hydrogen-bond donors (Lipinski definition) is 2. The van der Waals surface area contributed by atoms with Gasteiger partial charge in [0.25, 0.3) is 5.91 Å². The number of carbonyl (C=O) groups excluding carboxylic acids is 1. The van der Waals surface area contributed by atoms with Crippen molar-refractivity contribution in [2.45, 2.75) is 45.6 Å². The van der Waals surface area contributed by atoms with E-state index >= 15 is 0 Å². The highest BCUT2D eigenvalue weighted by Gasteiger charge is 2.24. The van der Waals surface area contributed by atoms with Gasteiger partial charge in [-0.15, -0.1) is 0 Å². The summed E-state index contributed by atoms with van der Waals surface area (Å²) in [6, 6.07) is 8.17. The van der Waals surface area contributed by atoms with Gasteiger partial charge in [0.15, 0.2) is 6.54 Å². The maximum absolute atomic E-state index is 12.1. The Labute approximate surface area is 127 Å². The lowest BCUT2D eigenvalue weighted by Gasteiger charge is -2.26. The Morgan fingerprint density at radius 1 is 1.33 bits per heavy atom. The first-order chi connectivity index (χ1) is 10.2. The number of para-hydroxylation sites is 2. The summed E-state index contributed by atoms with van der Waals surface area (Å²) >= 11 is 0.